The molecule has 2 aliphatic rings. The predicted octanol–water partition coefficient (Wildman–Crippen LogP) is 3.05. The van der Waals surface area contributed by atoms with Gasteiger partial charge in [0.15, 0.2) is 0 Å². The minimum Gasteiger partial charge on any atom is -0.381 e. The summed E-state index contributed by atoms with van der Waals surface area (Å²) in [5, 5.41) is 0.757. The Morgan fingerprint density at radius 1 is 1.13 bits per heavy atom. The SMILES string of the molecule is C[C@@H](C(=O)N1CCN(c2ccc(Cl)cc2)CC1)C1CCOCC1. The molecule has 126 valence electrons. The molecule has 3 rings (SSSR count). The average Bonchev–Trinajstić information content (AvgIpc) is 2.62. The summed E-state index contributed by atoms with van der Waals surface area (Å²) in [5.74, 6) is 0.902. The first-order valence-electron chi connectivity index (χ1n) is 8.52. The number of hydrogen-bond acceptors (Lipinski definition) is 3. The molecular weight excluding hydrogens is 312 g/mol. The van der Waals surface area contributed by atoms with E-state index in [4.69, 9.17) is 16.3 Å². The van der Waals surface area contributed by atoms with Crippen LogP contribution in [-0.2, 0) is 9.53 Å². The maximum Gasteiger partial charge on any atom is 0.225 e. The molecule has 23 heavy (non-hydrogen) atoms. The Hall–Kier alpha value is -1.26. The van der Waals surface area contributed by atoms with Gasteiger partial charge in [0, 0.05) is 56.0 Å². The maximum absolute atomic E-state index is 12.7. The number of carbonyl (C=O) groups excluding carboxylic acids is 1. The summed E-state index contributed by atoms with van der Waals surface area (Å²) >= 11 is 5.94. The minimum atomic E-state index is 0.112. The number of anilines is 1. The lowest BCUT2D eigenvalue weighted by atomic mass is 9.86. The van der Waals surface area contributed by atoms with Crippen LogP contribution in [0.3, 0.4) is 0 Å². The fourth-order valence-electron chi connectivity index (χ4n) is 3.54. The van der Waals surface area contributed by atoms with Crippen molar-refractivity contribution in [3.63, 3.8) is 0 Å². The van der Waals surface area contributed by atoms with Crippen LogP contribution in [0.5, 0.6) is 0 Å². The normalized spacial score (nSPS) is 21.3. The van der Waals surface area contributed by atoms with Gasteiger partial charge >= 0.3 is 0 Å². The second-order valence-electron chi connectivity index (χ2n) is 6.53. The van der Waals surface area contributed by atoms with Gasteiger partial charge < -0.3 is 14.5 Å². The summed E-state index contributed by atoms with van der Waals surface area (Å²) < 4.78 is 5.41. The lowest BCUT2D eigenvalue weighted by Gasteiger charge is -2.38. The van der Waals surface area contributed by atoms with Gasteiger partial charge in [0.25, 0.3) is 0 Å². The van der Waals surface area contributed by atoms with Crippen LogP contribution in [0.25, 0.3) is 0 Å². The van der Waals surface area contributed by atoms with E-state index in [0.717, 1.165) is 57.3 Å². The summed E-state index contributed by atoms with van der Waals surface area (Å²) in [6.07, 6.45) is 2.02. The van der Waals surface area contributed by atoms with Gasteiger partial charge in [-0.15, -0.1) is 0 Å². The summed E-state index contributed by atoms with van der Waals surface area (Å²) in [6.45, 7) is 7.05. The molecule has 1 aromatic rings. The topological polar surface area (TPSA) is 32.8 Å². The van der Waals surface area contributed by atoms with Crippen LogP contribution in [-0.4, -0.2) is 50.2 Å². The maximum atomic E-state index is 12.7. The van der Waals surface area contributed by atoms with Gasteiger partial charge in [0.05, 0.1) is 0 Å². The largest absolute Gasteiger partial charge is 0.381 e. The number of rotatable bonds is 3. The first-order valence-corrected chi connectivity index (χ1v) is 8.90. The van der Waals surface area contributed by atoms with Crippen LogP contribution >= 0.6 is 11.6 Å². The number of benzene rings is 1. The number of nitrogens with zero attached hydrogens (tertiary/aromatic N) is 2. The van der Waals surface area contributed by atoms with Crippen molar-refractivity contribution in [3.05, 3.63) is 29.3 Å². The Kier molecular flexibility index (Phi) is 5.44. The van der Waals surface area contributed by atoms with E-state index in [1.54, 1.807) is 0 Å². The van der Waals surface area contributed by atoms with Gasteiger partial charge in [-0.3, -0.25) is 4.79 Å². The molecular formula is C18H25ClN2O2. The third-order valence-electron chi connectivity index (χ3n) is 5.15. The predicted molar refractivity (Wildman–Crippen MR) is 93.0 cm³/mol. The Labute approximate surface area is 143 Å². The number of ether oxygens (including phenoxy) is 1. The van der Waals surface area contributed by atoms with Gasteiger partial charge in [0.2, 0.25) is 5.91 Å². The van der Waals surface area contributed by atoms with Crippen molar-refractivity contribution in [2.75, 3.05) is 44.3 Å². The van der Waals surface area contributed by atoms with Gasteiger partial charge in [-0.25, -0.2) is 0 Å². The van der Waals surface area contributed by atoms with E-state index < -0.39 is 0 Å². The number of amides is 1. The molecule has 2 saturated heterocycles. The average molecular weight is 337 g/mol. The van der Waals surface area contributed by atoms with Gasteiger partial charge in [0.1, 0.15) is 0 Å². The van der Waals surface area contributed by atoms with Crippen LogP contribution in [0.1, 0.15) is 19.8 Å². The third-order valence-corrected chi connectivity index (χ3v) is 5.40. The van der Waals surface area contributed by atoms with Gasteiger partial charge in [-0.1, -0.05) is 18.5 Å². The van der Waals surface area contributed by atoms with Crippen molar-refractivity contribution in [1.82, 2.24) is 4.90 Å². The van der Waals surface area contributed by atoms with Crippen LogP contribution in [0.2, 0.25) is 5.02 Å². The number of hydrogen-bond donors (Lipinski definition) is 0. The van der Waals surface area contributed by atoms with Crippen LogP contribution in [0, 0.1) is 11.8 Å². The first kappa shape index (κ1) is 16.6. The monoisotopic (exact) mass is 336 g/mol. The Balaban J connectivity index is 1.53. The molecule has 2 fully saturated rings. The zero-order valence-electron chi connectivity index (χ0n) is 13.7. The Morgan fingerprint density at radius 3 is 2.35 bits per heavy atom. The quantitative estimate of drug-likeness (QED) is 0.850. The lowest BCUT2D eigenvalue weighted by molar-refractivity contribution is -0.138. The Morgan fingerprint density at radius 2 is 1.74 bits per heavy atom. The van der Waals surface area contributed by atoms with Crippen molar-refractivity contribution in [3.8, 4) is 0 Å². The molecule has 4 nitrogen and oxygen atoms in total. The number of piperazine rings is 1. The molecule has 0 spiro atoms. The Bertz CT molecular complexity index is 520. The van der Waals surface area contributed by atoms with E-state index in [-0.39, 0.29) is 5.92 Å². The van der Waals surface area contributed by atoms with Crippen molar-refractivity contribution >= 4 is 23.2 Å². The lowest BCUT2D eigenvalue weighted by Crippen LogP contribution is -2.51. The number of carbonyl (C=O) groups is 1. The fraction of sp³-hybridized carbons (Fsp3) is 0.611. The van der Waals surface area contributed by atoms with Crippen molar-refractivity contribution in [2.24, 2.45) is 11.8 Å². The van der Waals surface area contributed by atoms with Crippen LogP contribution in [0.4, 0.5) is 5.69 Å². The molecule has 5 heteroatoms. The zero-order valence-corrected chi connectivity index (χ0v) is 14.5. The highest BCUT2D eigenvalue weighted by Gasteiger charge is 2.30. The van der Waals surface area contributed by atoms with E-state index in [0.29, 0.717) is 11.8 Å². The van der Waals surface area contributed by atoms with E-state index in [1.165, 1.54) is 5.69 Å². The molecule has 0 aliphatic carbocycles. The molecule has 1 amide bonds. The summed E-state index contributed by atoms with van der Waals surface area (Å²) in [5.41, 5.74) is 1.18. The van der Waals surface area contributed by atoms with Crippen molar-refractivity contribution < 1.29 is 9.53 Å². The standard InChI is InChI=1S/C18H25ClN2O2/c1-14(15-6-12-23-13-7-15)18(22)21-10-8-20(9-11-21)17-4-2-16(19)3-5-17/h2-5,14-15H,6-13H2,1H3/t14-/m1/s1. The highest BCUT2D eigenvalue weighted by atomic mass is 35.5. The molecule has 1 atom stereocenters. The molecule has 0 saturated carbocycles. The number of halogens is 1. The molecule has 0 N–H and O–H groups in total. The minimum absolute atomic E-state index is 0.112. The van der Waals surface area contributed by atoms with E-state index in [2.05, 4.69) is 11.8 Å². The van der Waals surface area contributed by atoms with Gasteiger partial charge in [-0.2, -0.15) is 0 Å². The molecule has 0 unspecified atom stereocenters. The second kappa shape index (κ2) is 7.54. The van der Waals surface area contributed by atoms with Crippen LogP contribution in [0.15, 0.2) is 24.3 Å². The van der Waals surface area contributed by atoms with E-state index >= 15 is 0 Å². The molecule has 2 heterocycles. The summed E-state index contributed by atoms with van der Waals surface area (Å²) in [4.78, 5) is 17.1. The third kappa shape index (κ3) is 3.99. The van der Waals surface area contributed by atoms with E-state index in [1.807, 2.05) is 29.2 Å². The summed E-state index contributed by atoms with van der Waals surface area (Å²) in [7, 11) is 0. The molecule has 0 aromatic heterocycles. The van der Waals surface area contributed by atoms with Crippen molar-refractivity contribution in [1.29, 1.82) is 0 Å². The first-order chi connectivity index (χ1) is 11.1. The fourth-order valence-corrected chi connectivity index (χ4v) is 3.67. The van der Waals surface area contributed by atoms with Gasteiger partial charge in [-0.05, 0) is 43.0 Å². The highest BCUT2D eigenvalue weighted by molar-refractivity contribution is 6.30. The molecule has 2 aliphatic heterocycles. The van der Waals surface area contributed by atoms with Crippen molar-refractivity contribution in [2.45, 2.75) is 19.8 Å². The zero-order chi connectivity index (χ0) is 16.2. The van der Waals surface area contributed by atoms with Crippen LogP contribution < -0.4 is 4.90 Å². The smallest absolute Gasteiger partial charge is 0.225 e. The molecule has 1 aromatic carbocycles. The van der Waals surface area contributed by atoms with E-state index in [9.17, 15) is 4.79 Å². The second-order valence-corrected chi connectivity index (χ2v) is 6.96. The molecule has 0 radical (unpaired) electrons. The highest BCUT2D eigenvalue weighted by Crippen LogP contribution is 2.26. The summed E-state index contributed by atoms with van der Waals surface area (Å²) in [6, 6.07) is 7.93. The molecule has 0 bridgehead atoms.